The van der Waals surface area contributed by atoms with Crippen molar-refractivity contribution in [2.75, 3.05) is 19.0 Å². The third kappa shape index (κ3) is 4.90. The van der Waals surface area contributed by atoms with E-state index in [4.69, 9.17) is 9.47 Å². The largest absolute Gasteiger partial charge is 0.497 e. The Labute approximate surface area is 207 Å². The van der Waals surface area contributed by atoms with Crippen LogP contribution in [0.1, 0.15) is 30.8 Å². The van der Waals surface area contributed by atoms with Crippen molar-refractivity contribution in [3.8, 4) is 11.5 Å². The maximum atomic E-state index is 13.3. The molecule has 0 bridgehead atoms. The standard InChI is InChI=1S/C27H25N5O4/c1-17(33)28-19-10-12-20(13-11-19)36-16-26(34)32-25(18-6-5-7-21(14-18)35-2)15-24(31-32)27-29-22-8-3-4-9-23(22)30-27/h3-14,25H,15-16H2,1-2H3,(H,28,33)(H,29,30). The molecule has 5 rings (SSSR count). The normalized spacial score (nSPS) is 15.0. The summed E-state index contributed by atoms with van der Waals surface area (Å²) in [7, 11) is 1.61. The number of carbonyl (C=O) groups excluding carboxylic acids is 2. The Balaban J connectivity index is 1.38. The fourth-order valence-corrected chi connectivity index (χ4v) is 4.13. The number of aromatic nitrogens is 2. The lowest BCUT2D eigenvalue weighted by atomic mass is 10.0. The molecule has 0 aliphatic carbocycles. The number of aromatic amines is 1. The van der Waals surface area contributed by atoms with Gasteiger partial charge < -0.3 is 19.8 Å². The molecule has 1 aliphatic heterocycles. The molecule has 0 saturated heterocycles. The van der Waals surface area contributed by atoms with Crippen molar-refractivity contribution in [2.45, 2.75) is 19.4 Å². The Bertz CT molecular complexity index is 1410. The highest BCUT2D eigenvalue weighted by Crippen LogP contribution is 2.34. The van der Waals surface area contributed by atoms with Crippen LogP contribution in [0.2, 0.25) is 0 Å². The van der Waals surface area contributed by atoms with E-state index >= 15 is 0 Å². The lowest BCUT2D eigenvalue weighted by Gasteiger charge is -2.22. The van der Waals surface area contributed by atoms with Gasteiger partial charge in [-0.2, -0.15) is 5.10 Å². The third-order valence-corrected chi connectivity index (χ3v) is 5.84. The van der Waals surface area contributed by atoms with Crippen molar-refractivity contribution in [2.24, 2.45) is 5.10 Å². The van der Waals surface area contributed by atoms with Crippen LogP contribution in [0.3, 0.4) is 0 Å². The van der Waals surface area contributed by atoms with E-state index in [9.17, 15) is 9.59 Å². The minimum Gasteiger partial charge on any atom is -0.497 e. The fourth-order valence-electron chi connectivity index (χ4n) is 4.13. The molecule has 3 aromatic carbocycles. The molecule has 0 spiro atoms. The summed E-state index contributed by atoms with van der Waals surface area (Å²) in [6.07, 6.45) is 0.490. The van der Waals surface area contributed by atoms with Crippen LogP contribution in [-0.4, -0.2) is 46.2 Å². The van der Waals surface area contributed by atoms with E-state index in [0.717, 1.165) is 16.6 Å². The zero-order valence-electron chi connectivity index (χ0n) is 19.9. The zero-order chi connectivity index (χ0) is 25.1. The predicted octanol–water partition coefficient (Wildman–Crippen LogP) is 4.29. The Morgan fingerprint density at radius 3 is 2.61 bits per heavy atom. The molecule has 0 radical (unpaired) electrons. The highest BCUT2D eigenvalue weighted by atomic mass is 16.5. The van der Waals surface area contributed by atoms with E-state index < -0.39 is 0 Å². The maximum absolute atomic E-state index is 13.3. The van der Waals surface area contributed by atoms with Gasteiger partial charge in [-0.05, 0) is 54.1 Å². The molecule has 0 saturated carbocycles. The number of rotatable bonds is 7. The number of nitrogens with one attached hydrogen (secondary N) is 2. The summed E-state index contributed by atoms with van der Waals surface area (Å²) in [6, 6.07) is 21.9. The maximum Gasteiger partial charge on any atom is 0.281 e. The number of fused-ring (bicyclic) bond motifs is 1. The number of amides is 2. The second kappa shape index (κ2) is 9.91. The molecule has 2 amide bonds. The second-order valence-corrected chi connectivity index (χ2v) is 8.38. The van der Waals surface area contributed by atoms with Crippen LogP contribution in [0.15, 0.2) is 77.9 Å². The second-order valence-electron chi connectivity index (χ2n) is 8.38. The van der Waals surface area contributed by atoms with E-state index in [1.54, 1.807) is 31.4 Å². The summed E-state index contributed by atoms with van der Waals surface area (Å²) in [5.41, 5.74) is 3.98. The Kier molecular flexibility index (Phi) is 6.36. The molecule has 9 nitrogen and oxygen atoms in total. The molecular weight excluding hydrogens is 458 g/mol. The van der Waals surface area contributed by atoms with Crippen LogP contribution in [0.25, 0.3) is 11.0 Å². The number of methoxy groups -OCH3 is 1. The quantitative estimate of drug-likeness (QED) is 0.408. The van der Waals surface area contributed by atoms with E-state index in [2.05, 4.69) is 20.4 Å². The molecule has 1 aromatic heterocycles. The van der Waals surface area contributed by atoms with Crippen LogP contribution >= 0.6 is 0 Å². The van der Waals surface area contributed by atoms with Crippen LogP contribution in [0, 0.1) is 0 Å². The first kappa shape index (κ1) is 23.1. The predicted molar refractivity (Wildman–Crippen MR) is 136 cm³/mol. The summed E-state index contributed by atoms with van der Waals surface area (Å²) in [4.78, 5) is 32.5. The van der Waals surface area contributed by atoms with Crippen molar-refractivity contribution >= 4 is 34.2 Å². The number of anilines is 1. The molecule has 182 valence electrons. The fraction of sp³-hybridized carbons (Fsp3) is 0.185. The number of imidazole rings is 1. The average Bonchev–Trinajstić information content (AvgIpc) is 3.53. The van der Waals surface area contributed by atoms with Crippen molar-refractivity contribution < 1.29 is 19.1 Å². The van der Waals surface area contributed by atoms with Crippen molar-refractivity contribution in [3.63, 3.8) is 0 Å². The minimum atomic E-state index is -0.332. The molecule has 2 heterocycles. The van der Waals surface area contributed by atoms with Gasteiger partial charge >= 0.3 is 0 Å². The summed E-state index contributed by atoms with van der Waals surface area (Å²) in [6.45, 7) is 1.24. The topological polar surface area (TPSA) is 109 Å². The van der Waals surface area contributed by atoms with Crippen LogP contribution in [0.5, 0.6) is 11.5 Å². The molecule has 1 unspecified atom stereocenters. The highest BCUT2D eigenvalue weighted by Gasteiger charge is 2.34. The number of benzene rings is 3. The van der Waals surface area contributed by atoms with Crippen LogP contribution in [-0.2, 0) is 9.59 Å². The van der Waals surface area contributed by atoms with Gasteiger partial charge in [0.15, 0.2) is 12.4 Å². The molecule has 0 fully saturated rings. The number of ether oxygens (including phenoxy) is 2. The summed E-state index contributed by atoms with van der Waals surface area (Å²) >= 11 is 0. The van der Waals surface area contributed by atoms with Gasteiger partial charge in [-0.15, -0.1) is 0 Å². The van der Waals surface area contributed by atoms with Gasteiger partial charge in [-0.3, -0.25) is 9.59 Å². The van der Waals surface area contributed by atoms with Crippen molar-refractivity contribution in [1.82, 2.24) is 15.0 Å². The van der Waals surface area contributed by atoms with Gasteiger partial charge in [0, 0.05) is 19.0 Å². The monoisotopic (exact) mass is 483 g/mol. The van der Waals surface area contributed by atoms with E-state index in [0.29, 0.717) is 35.1 Å². The molecule has 36 heavy (non-hydrogen) atoms. The minimum absolute atomic E-state index is 0.158. The average molecular weight is 484 g/mol. The number of para-hydroxylation sites is 2. The highest BCUT2D eigenvalue weighted by molar-refractivity contribution is 6.02. The van der Waals surface area contributed by atoms with Crippen molar-refractivity contribution in [3.05, 3.63) is 84.2 Å². The van der Waals surface area contributed by atoms with Gasteiger partial charge in [0.05, 0.1) is 24.2 Å². The summed E-state index contributed by atoms with van der Waals surface area (Å²) < 4.78 is 11.1. The van der Waals surface area contributed by atoms with Crippen LogP contribution < -0.4 is 14.8 Å². The first-order valence-corrected chi connectivity index (χ1v) is 11.5. The van der Waals surface area contributed by atoms with Gasteiger partial charge in [-0.1, -0.05) is 24.3 Å². The number of hydrogen-bond acceptors (Lipinski definition) is 6. The summed E-state index contributed by atoms with van der Waals surface area (Å²) in [5.74, 6) is 1.40. The number of hydrazone groups is 1. The molecular formula is C27H25N5O4. The smallest absolute Gasteiger partial charge is 0.281 e. The van der Waals surface area contributed by atoms with E-state index in [1.807, 2.05) is 48.5 Å². The van der Waals surface area contributed by atoms with Gasteiger partial charge in [0.25, 0.3) is 5.91 Å². The van der Waals surface area contributed by atoms with Crippen molar-refractivity contribution in [1.29, 1.82) is 0 Å². The molecule has 1 atom stereocenters. The van der Waals surface area contributed by atoms with Gasteiger partial charge in [-0.25, -0.2) is 9.99 Å². The SMILES string of the molecule is COc1cccc(C2CC(c3nc4ccccc4[nH]3)=NN2C(=O)COc2ccc(NC(C)=O)cc2)c1. The Morgan fingerprint density at radius 2 is 1.86 bits per heavy atom. The lowest BCUT2D eigenvalue weighted by molar-refractivity contribution is -0.135. The van der Waals surface area contributed by atoms with Crippen LogP contribution in [0.4, 0.5) is 5.69 Å². The third-order valence-electron chi connectivity index (χ3n) is 5.84. The Morgan fingerprint density at radius 1 is 1.06 bits per heavy atom. The Hall–Kier alpha value is -4.66. The lowest BCUT2D eigenvalue weighted by Crippen LogP contribution is -2.31. The molecule has 1 aliphatic rings. The van der Waals surface area contributed by atoms with Gasteiger partial charge in [0.1, 0.15) is 17.2 Å². The molecule has 2 N–H and O–H groups in total. The van der Waals surface area contributed by atoms with E-state index in [-0.39, 0.29) is 24.5 Å². The van der Waals surface area contributed by atoms with E-state index in [1.165, 1.54) is 11.9 Å². The molecule has 9 heteroatoms. The van der Waals surface area contributed by atoms with Gasteiger partial charge in [0.2, 0.25) is 5.91 Å². The first-order chi connectivity index (χ1) is 17.5. The summed E-state index contributed by atoms with van der Waals surface area (Å²) in [5, 5.41) is 8.82. The number of hydrogen-bond donors (Lipinski definition) is 2. The number of nitrogens with zero attached hydrogens (tertiary/aromatic N) is 3. The number of H-pyrrole nitrogens is 1. The zero-order valence-corrected chi connectivity index (χ0v) is 19.9. The molecule has 4 aromatic rings. The number of carbonyl (C=O) groups is 2. The first-order valence-electron chi connectivity index (χ1n) is 11.5.